The Balaban J connectivity index is 2.22. The van der Waals surface area contributed by atoms with Gasteiger partial charge in [-0.15, -0.1) is 0 Å². The maximum Gasteiger partial charge on any atom is 0.168 e. The molecule has 0 aliphatic carbocycles. The molecule has 0 aliphatic heterocycles. The number of nitrogens with zero attached hydrogens (tertiary/aromatic N) is 1. The van der Waals surface area contributed by atoms with Crippen LogP contribution in [0.25, 0.3) is 0 Å². The zero-order valence-electron chi connectivity index (χ0n) is 9.98. The van der Waals surface area contributed by atoms with Gasteiger partial charge in [0.15, 0.2) is 11.6 Å². The summed E-state index contributed by atoms with van der Waals surface area (Å²) in [6, 6.07) is 4.75. The summed E-state index contributed by atoms with van der Waals surface area (Å²) in [7, 11) is 1.44. The molecular weight excluding hydrogens is 235 g/mol. The van der Waals surface area contributed by atoms with Crippen molar-refractivity contribution in [3.05, 3.63) is 47.8 Å². The van der Waals surface area contributed by atoms with Gasteiger partial charge in [0.1, 0.15) is 5.82 Å². The number of ether oxygens (including phenoxy) is 1. The van der Waals surface area contributed by atoms with Crippen LogP contribution in [-0.4, -0.2) is 17.1 Å². The zero-order chi connectivity index (χ0) is 13.0. The summed E-state index contributed by atoms with van der Waals surface area (Å²) < 4.78 is 18.9. The van der Waals surface area contributed by atoms with Gasteiger partial charge in [0.2, 0.25) is 0 Å². The molecule has 4 N–H and O–H groups in total. The van der Waals surface area contributed by atoms with Gasteiger partial charge in [0.05, 0.1) is 13.2 Å². The molecule has 96 valence electrons. The molecule has 0 saturated heterocycles. The molecular formula is C12H15FN4O. The predicted molar refractivity (Wildman–Crippen MR) is 65.3 cm³/mol. The van der Waals surface area contributed by atoms with Crippen molar-refractivity contribution in [1.82, 2.24) is 15.4 Å². The fraction of sp³-hybridized carbons (Fsp3) is 0.250. The lowest BCUT2D eigenvalue weighted by molar-refractivity contribution is 0.382. The molecule has 1 unspecified atom stereocenters. The van der Waals surface area contributed by atoms with E-state index in [0.29, 0.717) is 17.8 Å². The van der Waals surface area contributed by atoms with E-state index in [0.717, 1.165) is 0 Å². The van der Waals surface area contributed by atoms with Gasteiger partial charge in [0, 0.05) is 12.4 Å². The maximum absolute atomic E-state index is 14.0. The van der Waals surface area contributed by atoms with Gasteiger partial charge in [-0.1, -0.05) is 12.1 Å². The SMILES string of the molecule is COc1cccc(CC(NN)c2ncc[nH]2)c1F. The van der Waals surface area contributed by atoms with Crippen LogP contribution in [-0.2, 0) is 6.42 Å². The molecule has 0 radical (unpaired) electrons. The van der Waals surface area contributed by atoms with E-state index in [-0.39, 0.29) is 17.6 Å². The first-order chi connectivity index (χ1) is 8.76. The van der Waals surface area contributed by atoms with E-state index in [2.05, 4.69) is 15.4 Å². The van der Waals surface area contributed by atoms with Gasteiger partial charge in [0.25, 0.3) is 0 Å². The highest BCUT2D eigenvalue weighted by Gasteiger charge is 2.16. The van der Waals surface area contributed by atoms with Gasteiger partial charge in [-0.2, -0.15) is 0 Å². The quantitative estimate of drug-likeness (QED) is 0.552. The van der Waals surface area contributed by atoms with E-state index in [1.807, 2.05) is 0 Å². The number of aromatic nitrogens is 2. The molecule has 1 aromatic carbocycles. The van der Waals surface area contributed by atoms with Crippen molar-refractivity contribution in [3.8, 4) is 5.75 Å². The Kier molecular flexibility index (Phi) is 3.91. The Morgan fingerprint density at radius 2 is 2.39 bits per heavy atom. The molecule has 18 heavy (non-hydrogen) atoms. The summed E-state index contributed by atoms with van der Waals surface area (Å²) in [5.74, 6) is 5.99. The van der Waals surface area contributed by atoms with Crippen LogP contribution in [0.5, 0.6) is 5.75 Å². The van der Waals surface area contributed by atoms with Crippen LogP contribution in [0.4, 0.5) is 4.39 Å². The van der Waals surface area contributed by atoms with Crippen molar-refractivity contribution in [2.45, 2.75) is 12.5 Å². The third-order valence-corrected chi connectivity index (χ3v) is 2.74. The highest BCUT2D eigenvalue weighted by Crippen LogP contribution is 2.23. The third-order valence-electron chi connectivity index (χ3n) is 2.74. The Bertz CT molecular complexity index is 501. The third kappa shape index (κ3) is 2.49. The summed E-state index contributed by atoms with van der Waals surface area (Å²) in [5.41, 5.74) is 3.14. The smallest absolute Gasteiger partial charge is 0.168 e. The second-order valence-corrected chi connectivity index (χ2v) is 3.83. The number of hydrogen-bond donors (Lipinski definition) is 3. The van der Waals surface area contributed by atoms with E-state index in [9.17, 15) is 4.39 Å². The monoisotopic (exact) mass is 250 g/mol. The fourth-order valence-electron chi connectivity index (χ4n) is 1.79. The average Bonchev–Trinajstić information content (AvgIpc) is 2.91. The van der Waals surface area contributed by atoms with Crippen LogP contribution in [0.1, 0.15) is 17.4 Å². The van der Waals surface area contributed by atoms with Crippen LogP contribution in [0.2, 0.25) is 0 Å². The van der Waals surface area contributed by atoms with Crippen molar-refractivity contribution in [2.75, 3.05) is 7.11 Å². The number of imidazole rings is 1. The lowest BCUT2D eigenvalue weighted by Crippen LogP contribution is -2.30. The summed E-state index contributed by atoms with van der Waals surface area (Å²) in [6.45, 7) is 0. The summed E-state index contributed by atoms with van der Waals surface area (Å²) in [5, 5.41) is 0. The minimum absolute atomic E-state index is 0.225. The first-order valence-electron chi connectivity index (χ1n) is 5.53. The number of H-pyrrole nitrogens is 1. The molecule has 0 spiro atoms. The van der Waals surface area contributed by atoms with Crippen LogP contribution in [0.3, 0.4) is 0 Å². The first-order valence-corrected chi connectivity index (χ1v) is 5.53. The minimum atomic E-state index is -0.369. The van der Waals surface area contributed by atoms with Gasteiger partial charge >= 0.3 is 0 Å². The molecule has 0 bridgehead atoms. The lowest BCUT2D eigenvalue weighted by atomic mass is 10.0. The molecule has 2 aromatic rings. The molecule has 0 aliphatic rings. The Labute approximate surface area is 104 Å². The number of nitrogens with one attached hydrogen (secondary N) is 2. The standard InChI is InChI=1S/C12H15FN4O/c1-18-10-4-2-3-8(11(10)13)7-9(17-14)12-15-5-6-16-12/h2-6,9,17H,7,14H2,1H3,(H,15,16). The molecule has 1 atom stereocenters. The Morgan fingerprint density at radius 3 is 3.00 bits per heavy atom. The largest absolute Gasteiger partial charge is 0.494 e. The van der Waals surface area contributed by atoms with Gasteiger partial charge < -0.3 is 9.72 Å². The van der Waals surface area contributed by atoms with Gasteiger partial charge in [-0.05, 0) is 18.1 Å². The highest BCUT2D eigenvalue weighted by molar-refractivity contribution is 5.31. The van der Waals surface area contributed by atoms with E-state index in [1.54, 1.807) is 30.6 Å². The number of aromatic amines is 1. The van der Waals surface area contributed by atoms with Crippen molar-refractivity contribution >= 4 is 0 Å². The number of hydrazine groups is 1. The Morgan fingerprint density at radius 1 is 1.56 bits per heavy atom. The van der Waals surface area contributed by atoms with Gasteiger partial charge in [-0.25, -0.2) is 14.8 Å². The van der Waals surface area contributed by atoms with E-state index in [1.165, 1.54) is 7.11 Å². The van der Waals surface area contributed by atoms with E-state index < -0.39 is 0 Å². The summed E-state index contributed by atoms with van der Waals surface area (Å²) in [4.78, 5) is 7.05. The van der Waals surface area contributed by atoms with E-state index in [4.69, 9.17) is 10.6 Å². The summed E-state index contributed by atoms with van der Waals surface area (Å²) >= 11 is 0. The van der Waals surface area contributed by atoms with Crippen LogP contribution in [0, 0.1) is 5.82 Å². The number of halogens is 1. The zero-order valence-corrected chi connectivity index (χ0v) is 9.98. The second kappa shape index (κ2) is 5.61. The first kappa shape index (κ1) is 12.5. The number of rotatable bonds is 5. The number of benzene rings is 1. The normalized spacial score (nSPS) is 12.4. The predicted octanol–water partition coefficient (Wildman–Crippen LogP) is 1.30. The maximum atomic E-state index is 14.0. The topological polar surface area (TPSA) is 76.0 Å². The van der Waals surface area contributed by atoms with Crippen LogP contribution in [0.15, 0.2) is 30.6 Å². The fourth-order valence-corrected chi connectivity index (χ4v) is 1.79. The van der Waals surface area contributed by atoms with E-state index >= 15 is 0 Å². The second-order valence-electron chi connectivity index (χ2n) is 3.83. The van der Waals surface area contributed by atoms with Crippen LogP contribution >= 0.6 is 0 Å². The molecule has 2 rings (SSSR count). The van der Waals surface area contributed by atoms with Gasteiger partial charge in [-0.3, -0.25) is 5.84 Å². The molecule has 0 fully saturated rings. The number of hydrogen-bond acceptors (Lipinski definition) is 4. The number of nitrogens with two attached hydrogens (primary N) is 1. The van der Waals surface area contributed by atoms with Crippen molar-refractivity contribution in [2.24, 2.45) is 5.84 Å². The lowest BCUT2D eigenvalue weighted by Gasteiger charge is -2.14. The highest BCUT2D eigenvalue weighted by atomic mass is 19.1. The molecule has 1 heterocycles. The summed E-state index contributed by atoms with van der Waals surface area (Å²) in [6.07, 6.45) is 3.70. The molecule has 6 heteroatoms. The minimum Gasteiger partial charge on any atom is -0.494 e. The average molecular weight is 250 g/mol. The molecule has 0 saturated carbocycles. The van der Waals surface area contributed by atoms with Crippen molar-refractivity contribution in [1.29, 1.82) is 0 Å². The number of methoxy groups -OCH3 is 1. The molecule has 0 amide bonds. The molecule has 5 nitrogen and oxygen atoms in total. The molecule has 1 aromatic heterocycles. The van der Waals surface area contributed by atoms with Crippen LogP contribution < -0.4 is 16.0 Å². The van der Waals surface area contributed by atoms with Crippen molar-refractivity contribution in [3.63, 3.8) is 0 Å². The Hall–Kier alpha value is -1.92. The van der Waals surface area contributed by atoms with Crippen molar-refractivity contribution < 1.29 is 9.13 Å².